The van der Waals surface area contributed by atoms with Gasteiger partial charge in [0.15, 0.2) is 0 Å². The molecule has 1 fully saturated rings. The number of amides is 3. The minimum absolute atomic E-state index is 0.0793. The molecule has 144 valence electrons. The van der Waals surface area contributed by atoms with Crippen LogP contribution in [0.15, 0.2) is 47.4 Å². The first-order chi connectivity index (χ1) is 13.3. The van der Waals surface area contributed by atoms with Crippen molar-refractivity contribution in [1.29, 1.82) is 0 Å². The number of nitrogens with one attached hydrogen (secondary N) is 1. The first-order valence-corrected chi connectivity index (χ1v) is 9.97. The molecule has 5 nitrogen and oxygen atoms in total. The van der Waals surface area contributed by atoms with E-state index in [4.69, 9.17) is 23.2 Å². The molecule has 1 heterocycles. The van der Waals surface area contributed by atoms with E-state index in [1.54, 1.807) is 6.08 Å². The number of hydrogen-bond acceptors (Lipinski definition) is 4. The Bertz CT molecular complexity index is 954. The molecule has 0 aromatic heterocycles. The molecule has 1 N–H and O–H groups in total. The zero-order valence-corrected chi connectivity index (χ0v) is 17.2. The molecule has 1 aliphatic heterocycles. The van der Waals surface area contributed by atoms with Gasteiger partial charge >= 0.3 is 0 Å². The van der Waals surface area contributed by atoms with E-state index >= 15 is 0 Å². The second kappa shape index (κ2) is 8.82. The van der Waals surface area contributed by atoms with E-state index in [1.807, 2.05) is 31.2 Å². The lowest BCUT2D eigenvalue weighted by molar-refractivity contribution is -0.122. The molecule has 3 amide bonds. The highest BCUT2D eigenvalue weighted by Gasteiger charge is 2.34. The van der Waals surface area contributed by atoms with E-state index in [9.17, 15) is 14.4 Å². The molecule has 0 unspecified atom stereocenters. The summed E-state index contributed by atoms with van der Waals surface area (Å²) in [5.74, 6) is -0.748. The summed E-state index contributed by atoms with van der Waals surface area (Å²) >= 11 is 12.7. The van der Waals surface area contributed by atoms with Crippen molar-refractivity contribution in [2.75, 3.05) is 13.1 Å². The predicted octanol–water partition coefficient (Wildman–Crippen LogP) is 4.77. The Balaban J connectivity index is 1.60. The molecule has 0 atom stereocenters. The van der Waals surface area contributed by atoms with E-state index in [0.717, 1.165) is 27.8 Å². The number of halogens is 2. The highest BCUT2D eigenvalue weighted by Crippen LogP contribution is 2.31. The van der Waals surface area contributed by atoms with Gasteiger partial charge in [0.2, 0.25) is 0 Å². The van der Waals surface area contributed by atoms with E-state index < -0.39 is 0 Å². The molecule has 3 rings (SSSR count). The Morgan fingerprint density at radius 3 is 2.39 bits per heavy atom. The topological polar surface area (TPSA) is 66.5 Å². The lowest BCUT2D eigenvalue weighted by Crippen LogP contribution is -2.37. The molecule has 0 bridgehead atoms. The third-order valence-electron chi connectivity index (χ3n) is 3.99. The summed E-state index contributed by atoms with van der Waals surface area (Å²) in [6.45, 7) is 2.18. The van der Waals surface area contributed by atoms with E-state index in [2.05, 4.69) is 5.32 Å². The summed E-state index contributed by atoms with van der Waals surface area (Å²) < 4.78 is 0. The maximum absolute atomic E-state index is 12.5. The lowest BCUT2D eigenvalue weighted by Gasteiger charge is -2.13. The number of carbonyl (C=O) groups excluding carboxylic acids is 3. The number of thioether (sulfide) groups is 1. The van der Waals surface area contributed by atoms with Crippen LogP contribution in [0.2, 0.25) is 10.0 Å². The summed E-state index contributed by atoms with van der Waals surface area (Å²) in [4.78, 5) is 38.3. The van der Waals surface area contributed by atoms with Gasteiger partial charge in [0.25, 0.3) is 17.1 Å². The monoisotopic (exact) mass is 434 g/mol. The number of rotatable bonds is 5. The van der Waals surface area contributed by atoms with E-state index in [1.165, 1.54) is 18.2 Å². The number of hydrogen-bond donors (Lipinski definition) is 1. The zero-order valence-electron chi connectivity index (χ0n) is 14.9. The Labute approximate surface area is 176 Å². The summed E-state index contributed by atoms with van der Waals surface area (Å²) in [7, 11) is 0. The minimum Gasteiger partial charge on any atom is -0.350 e. The van der Waals surface area contributed by atoms with Gasteiger partial charge in [-0.25, -0.2) is 0 Å². The van der Waals surface area contributed by atoms with Crippen LogP contribution in [0, 0.1) is 6.92 Å². The minimum atomic E-state index is -0.383. The fourth-order valence-electron chi connectivity index (χ4n) is 2.58. The van der Waals surface area contributed by atoms with Crippen molar-refractivity contribution in [3.8, 4) is 0 Å². The molecular weight excluding hydrogens is 419 g/mol. The average molecular weight is 435 g/mol. The van der Waals surface area contributed by atoms with Crippen molar-refractivity contribution >= 4 is 58.1 Å². The van der Waals surface area contributed by atoms with Crippen LogP contribution >= 0.6 is 35.0 Å². The third kappa shape index (κ3) is 4.95. The Morgan fingerprint density at radius 2 is 1.75 bits per heavy atom. The number of imide groups is 1. The highest BCUT2D eigenvalue weighted by molar-refractivity contribution is 8.18. The van der Waals surface area contributed by atoms with Gasteiger partial charge in [0.05, 0.1) is 4.91 Å². The summed E-state index contributed by atoms with van der Waals surface area (Å²) in [5, 5.41) is 3.01. The largest absolute Gasteiger partial charge is 0.350 e. The molecule has 2 aromatic carbocycles. The van der Waals surface area contributed by atoms with Crippen LogP contribution < -0.4 is 5.32 Å². The fourth-order valence-corrected chi connectivity index (χ4v) is 3.97. The highest BCUT2D eigenvalue weighted by atomic mass is 35.5. The maximum Gasteiger partial charge on any atom is 0.293 e. The predicted molar refractivity (Wildman–Crippen MR) is 113 cm³/mol. The van der Waals surface area contributed by atoms with E-state index in [-0.39, 0.29) is 30.1 Å². The van der Waals surface area contributed by atoms with Crippen molar-refractivity contribution in [3.63, 3.8) is 0 Å². The zero-order chi connectivity index (χ0) is 20.3. The van der Waals surface area contributed by atoms with Crippen molar-refractivity contribution in [1.82, 2.24) is 10.2 Å². The quantitative estimate of drug-likeness (QED) is 0.688. The maximum atomic E-state index is 12.5. The Morgan fingerprint density at radius 1 is 1.11 bits per heavy atom. The van der Waals surface area contributed by atoms with Crippen molar-refractivity contribution in [2.45, 2.75) is 6.92 Å². The Kier molecular flexibility index (Phi) is 6.44. The van der Waals surface area contributed by atoms with Gasteiger partial charge in [0, 0.05) is 28.7 Å². The summed E-state index contributed by atoms with van der Waals surface area (Å²) in [6, 6.07) is 12.2. The van der Waals surface area contributed by atoms with Gasteiger partial charge in [-0.05, 0) is 48.5 Å². The van der Waals surface area contributed by atoms with Crippen LogP contribution in [0.3, 0.4) is 0 Å². The number of nitrogens with zero attached hydrogens (tertiary/aromatic N) is 1. The van der Waals surface area contributed by atoms with Gasteiger partial charge in [-0.15, -0.1) is 0 Å². The molecule has 0 saturated carbocycles. The van der Waals surface area contributed by atoms with Crippen molar-refractivity contribution in [3.05, 3.63) is 74.1 Å². The third-order valence-corrected chi connectivity index (χ3v) is 5.34. The number of aryl methyl sites for hydroxylation is 1. The SMILES string of the molecule is Cc1ccc(C=C2SC(=O)N(CCNC(=O)c3cc(Cl)cc(Cl)c3)C2=O)cc1. The van der Waals surface area contributed by atoms with Crippen LogP contribution in [-0.2, 0) is 4.79 Å². The smallest absolute Gasteiger partial charge is 0.293 e. The van der Waals surface area contributed by atoms with E-state index in [0.29, 0.717) is 20.5 Å². The molecule has 0 aliphatic carbocycles. The van der Waals surface area contributed by atoms with Crippen LogP contribution in [0.5, 0.6) is 0 Å². The second-order valence-corrected chi connectivity index (χ2v) is 8.02. The first kappa shape index (κ1) is 20.5. The van der Waals surface area contributed by atoms with Crippen LogP contribution in [0.4, 0.5) is 4.79 Å². The molecule has 8 heteroatoms. The number of carbonyl (C=O) groups is 3. The number of benzene rings is 2. The van der Waals surface area contributed by atoms with Crippen LogP contribution in [0.1, 0.15) is 21.5 Å². The molecule has 1 aliphatic rings. The molecule has 28 heavy (non-hydrogen) atoms. The fraction of sp³-hybridized carbons (Fsp3) is 0.150. The average Bonchev–Trinajstić information content (AvgIpc) is 2.90. The van der Waals surface area contributed by atoms with Gasteiger partial charge in [0.1, 0.15) is 0 Å². The first-order valence-electron chi connectivity index (χ1n) is 8.40. The molecular formula is C20H16Cl2N2O3S. The van der Waals surface area contributed by atoms with Gasteiger partial charge in [-0.1, -0.05) is 53.0 Å². The van der Waals surface area contributed by atoms with Crippen molar-refractivity contribution < 1.29 is 14.4 Å². The summed E-state index contributed by atoms with van der Waals surface area (Å²) in [5.41, 5.74) is 2.27. The van der Waals surface area contributed by atoms with Gasteiger partial charge in [-0.3, -0.25) is 19.3 Å². The van der Waals surface area contributed by atoms with Crippen LogP contribution in [-0.4, -0.2) is 35.0 Å². The standard InChI is InChI=1S/C20H16Cl2N2O3S/c1-12-2-4-13(5-3-12)8-17-19(26)24(20(27)28-17)7-6-23-18(25)14-9-15(21)11-16(22)10-14/h2-5,8-11H,6-7H2,1H3,(H,23,25). The van der Waals surface area contributed by atoms with Crippen LogP contribution in [0.25, 0.3) is 6.08 Å². The molecule has 2 aromatic rings. The molecule has 0 spiro atoms. The Hall–Kier alpha value is -2.28. The normalized spacial score (nSPS) is 15.4. The van der Waals surface area contributed by atoms with Gasteiger partial charge < -0.3 is 5.32 Å². The lowest BCUT2D eigenvalue weighted by atomic mass is 10.1. The molecule has 1 saturated heterocycles. The summed E-state index contributed by atoms with van der Waals surface area (Å²) in [6.07, 6.45) is 1.69. The second-order valence-electron chi connectivity index (χ2n) is 6.16. The molecule has 0 radical (unpaired) electrons. The van der Waals surface area contributed by atoms with Crippen molar-refractivity contribution in [2.24, 2.45) is 0 Å². The van der Waals surface area contributed by atoms with Gasteiger partial charge in [-0.2, -0.15) is 0 Å².